The molecule has 6 nitrogen and oxygen atoms in total. The normalized spacial score (nSPS) is 16.6. The number of carbonyl (C=O) groups excluding carboxylic acids is 1. The first-order chi connectivity index (χ1) is 17.4. The van der Waals surface area contributed by atoms with Gasteiger partial charge in [-0.2, -0.15) is 0 Å². The van der Waals surface area contributed by atoms with Crippen molar-refractivity contribution in [3.8, 4) is 5.75 Å². The van der Waals surface area contributed by atoms with E-state index in [0.717, 1.165) is 81.8 Å². The summed E-state index contributed by atoms with van der Waals surface area (Å²) in [6.07, 6.45) is 7.73. The zero-order valence-electron chi connectivity index (χ0n) is 22.0. The average Bonchev–Trinajstić information content (AvgIpc) is 3.28. The number of ether oxygens (including phenoxy) is 1. The molecule has 1 amide bonds. The Kier molecular flexibility index (Phi) is 7.24. The predicted molar refractivity (Wildman–Crippen MR) is 147 cm³/mol. The van der Waals surface area contributed by atoms with Gasteiger partial charge < -0.3 is 19.9 Å². The molecule has 2 aromatic carbocycles. The van der Waals surface area contributed by atoms with Crippen molar-refractivity contribution in [1.82, 2.24) is 15.2 Å². The molecule has 1 saturated heterocycles. The number of benzene rings is 2. The van der Waals surface area contributed by atoms with Crippen LogP contribution < -0.4 is 15.0 Å². The molecule has 0 aliphatic carbocycles. The summed E-state index contributed by atoms with van der Waals surface area (Å²) in [6.45, 7) is 12.4. The molecule has 6 heteroatoms. The zero-order chi connectivity index (χ0) is 25.1. The Bertz CT molecular complexity index is 1200. The molecular weight excluding hydrogens is 448 g/mol. The first-order valence-electron chi connectivity index (χ1n) is 13.5. The Balaban J connectivity index is 1.09. The molecule has 0 atom stereocenters. The number of nitrogens with one attached hydrogen (secondary N) is 2. The molecule has 0 saturated carbocycles. The van der Waals surface area contributed by atoms with Gasteiger partial charge in [0.2, 0.25) is 0 Å². The van der Waals surface area contributed by atoms with E-state index in [0.29, 0.717) is 0 Å². The summed E-state index contributed by atoms with van der Waals surface area (Å²) in [5, 5.41) is 4.23. The number of aromatic amines is 1. The number of fused-ring (bicyclic) bond motifs is 2. The number of aromatic nitrogens is 1. The molecule has 0 unspecified atom stereocenters. The SMILES string of the molecule is CC(C)(C)NC(=O)c1ccc2[nH]cc(CCCCN3CCN(c4ccc5c(c4)CCCO5)CC3)c2c1. The molecule has 5 rings (SSSR count). The standard InChI is InChI=1S/C30H40N4O2/c1-30(2,3)32-29(35)23-9-11-27-26(20-23)24(21-31-27)7-4-5-13-33-14-16-34(17-15-33)25-10-12-28-22(19-25)8-6-18-36-28/h9-12,19-21,31H,4-8,13-18H2,1-3H3,(H,32,35). The molecule has 36 heavy (non-hydrogen) atoms. The second-order valence-corrected chi connectivity index (χ2v) is 11.3. The number of H-pyrrole nitrogens is 1. The van der Waals surface area contributed by atoms with E-state index in [-0.39, 0.29) is 11.4 Å². The van der Waals surface area contributed by atoms with Crippen molar-refractivity contribution in [3.63, 3.8) is 0 Å². The molecular formula is C30H40N4O2. The fourth-order valence-electron chi connectivity index (χ4n) is 5.36. The molecule has 1 aromatic heterocycles. The van der Waals surface area contributed by atoms with Crippen LogP contribution in [-0.4, -0.2) is 60.7 Å². The minimum atomic E-state index is -0.242. The topological polar surface area (TPSA) is 60.6 Å². The Labute approximate surface area is 215 Å². The summed E-state index contributed by atoms with van der Waals surface area (Å²) < 4.78 is 5.78. The quantitative estimate of drug-likeness (QED) is 0.451. The van der Waals surface area contributed by atoms with E-state index in [4.69, 9.17) is 4.74 Å². The fourth-order valence-corrected chi connectivity index (χ4v) is 5.36. The number of rotatable bonds is 7. The molecule has 2 N–H and O–H groups in total. The smallest absolute Gasteiger partial charge is 0.251 e. The lowest BCUT2D eigenvalue weighted by Crippen LogP contribution is -2.46. The third kappa shape index (κ3) is 5.86. The number of piperazine rings is 1. The molecule has 0 spiro atoms. The Morgan fingerprint density at radius 1 is 1.06 bits per heavy atom. The lowest BCUT2D eigenvalue weighted by Gasteiger charge is -2.36. The number of aryl methyl sites for hydroxylation is 2. The summed E-state index contributed by atoms with van der Waals surface area (Å²) >= 11 is 0. The van der Waals surface area contributed by atoms with Crippen LogP contribution in [0.5, 0.6) is 5.75 Å². The maximum absolute atomic E-state index is 12.6. The molecule has 2 aliphatic heterocycles. The largest absolute Gasteiger partial charge is 0.493 e. The highest BCUT2D eigenvalue weighted by atomic mass is 16.5. The van der Waals surface area contributed by atoms with Crippen LogP contribution in [0.1, 0.15) is 61.5 Å². The lowest BCUT2D eigenvalue weighted by atomic mass is 10.0. The number of amides is 1. The van der Waals surface area contributed by atoms with Crippen molar-refractivity contribution in [3.05, 3.63) is 59.3 Å². The summed E-state index contributed by atoms with van der Waals surface area (Å²) in [4.78, 5) is 21.1. The van der Waals surface area contributed by atoms with Gasteiger partial charge in [0, 0.05) is 60.1 Å². The maximum Gasteiger partial charge on any atom is 0.251 e. The number of hydrogen-bond acceptors (Lipinski definition) is 4. The van der Waals surface area contributed by atoms with Crippen LogP contribution in [0.4, 0.5) is 5.69 Å². The summed E-state index contributed by atoms with van der Waals surface area (Å²) in [5.74, 6) is 1.06. The third-order valence-electron chi connectivity index (χ3n) is 7.32. The molecule has 3 heterocycles. The van der Waals surface area contributed by atoms with E-state index in [1.165, 1.54) is 28.6 Å². The molecule has 0 radical (unpaired) electrons. The van der Waals surface area contributed by atoms with Crippen molar-refractivity contribution >= 4 is 22.5 Å². The summed E-state index contributed by atoms with van der Waals surface area (Å²) in [7, 11) is 0. The Hall–Kier alpha value is -2.99. The van der Waals surface area contributed by atoms with E-state index in [2.05, 4.69) is 44.5 Å². The van der Waals surface area contributed by atoms with Gasteiger partial charge >= 0.3 is 0 Å². The van der Waals surface area contributed by atoms with Crippen LogP contribution >= 0.6 is 0 Å². The van der Waals surface area contributed by atoms with Crippen molar-refractivity contribution in [1.29, 1.82) is 0 Å². The van der Waals surface area contributed by atoms with Crippen molar-refractivity contribution in [2.24, 2.45) is 0 Å². The van der Waals surface area contributed by atoms with Crippen molar-refractivity contribution < 1.29 is 9.53 Å². The zero-order valence-corrected chi connectivity index (χ0v) is 22.0. The highest BCUT2D eigenvalue weighted by Gasteiger charge is 2.19. The average molecular weight is 489 g/mol. The van der Waals surface area contributed by atoms with Crippen LogP contribution in [0.3, 0.4) is 0 Å². The number of unbranched alkanes of at least 4 members (excludes halogenated alkanes) is 1. The van der Waals surface area contributed by atoms with Crippen LogP contribution in [0.15, 0.2) is 42.6 Å². The van der Waals surface area contributed by atoms with Gasteiger partial charge in [-0.3, -0.25) is 9.69 Å². The van der Waals surface area contributed by atoms with Gasteiger partial charge in [-0.15, -0.1) is 0 Å². The van der Waals surface area contributed by atoms with Crippen molar-refractivity contribution in [2.75, 3.05) is 44.2 Å². The number of anilines is 1. The first kappa shape index (κ1) is 24.7. The van der Waals surface area contributed by atoms with Gasteiger partial charge in [0.05, 0.1) is 6.61 Å². The number of carbonyl (C=O) groups is 1. The minimum absolute atomic E-state index is 0.0144. The lowest BCUT2D eigenvalue weighted by molar-refractivity contribution is 0.0919. The second kappa shape index (κ2) is 10.6. The van der Waals surface area contributed by atoms with Crippen LogP contribution in [-0.2, 0) is 12.8 Å². The molecule has 0 bridgehead atoms. The highest BCUT2D eigenvalue weighted by molar-refractivity contribution is 5.99. The van der Waals surface area contributed by atoms with Crippen LogP contribution in [0.25, 0.3) is 10.9 Å². The summed E-state index contributed by atoms with van der Waals surface area (Å²) in [5.41, 5.74) is 5.59. The molecule has 1 fully saturated rings. The second-order valence-electron chi connectivity index (χ2n) is 11.3. The monoisotopic (exact) mass is 488 g/mol. The van der Waals surface area contributed by atoms with E-state index < -0.39 is 0 Å². The van der Waals surface area contributed by atoms with E-state index in [1.54, 1.807) is 0 Å². The van der Waals surface area contributed by atoms with E-state index in [1.807, 2.05) is 39.0 Å². The van der Waals surface area contributed by atoms with Gasteiger partial charge in [0.25, 0.3) is 5.91 Å². The fraction of sp³-hybridized carbons (Fsp3) is 0.500. The molecule has 2 aliphatic rings. The van der Waals surface area contributed by atoms with Gasteiger partial charge in [0.15, 0.2) is 0 Å². The highest BCUT2D eigenvalue weighted by Crippen LogP contribution is 2.29. The van der Waals surface area contributed by atoms with Crippen LogP contribution in [0, 0.1) is 0 Å². The van der Waals surface area contributed by atoms with E-state index >= 15 is 0 Å². The molecule has 192 valence electrons. The maximum atomic E-state index is 12.6. The van der Waals surface area contributed by atoms with Gasteiger partial charge in [-0.1, -0.05) is 0 Å². The number of nitrogens with zero attached hydrogens (tertiary/aromatic N) is 2. The van der Waals surface area contributed by atoms with E-state index in [9.17, 15) is 4.79 Å². The minimum Gasteiger partial charge on any atom is -0.493 e. The van der Waals surface area contributed by atoms with Crippen LogP contribution in [0.2, 0.25) is 0 Å². The molecule has 3 aromatic rings. The number of hydrogen-bond donors (Lipinski definition) is 2. The predicted octanol–water partition coefficient (Wildman–Crippen LogP) is 5.17. The van der Waals surface area contributed by atoms with Gasteiger partial charge in [-0.05, 0) is 107 Å². The Morgan fingerprint density at radius 3 is 2.69 bits per heavy atom. The third-order valence-corrected chi connectivity index (χ3v) is 7.32. The first-order valence-corrected chi connectivity index (χ1v) is 13.5. The van der Waals surface area contributed by atoms with Gasteiger partial charge in [0.1, 0.15) is 5.75 Å². The van der Waals surface area contributed by atoms with Gasteiger partial charge in [-0.25, -0.2) is 0 Å². The Morgan fingerprint density at radius 2 is 1.89 bits per heavy atom. The summed E-state index contributed by atoms with van der Waals surface area (Å²) in [6, 6.07) is 12.7. The van der Waals surface area contributed by atoms with Crippen molar-refractivity contribution in [2.45, 2.75) is 58.4 Å².